The van der Waals surface area contributed by atoms with Crippen LogP contribution in [0.1, 0.15) is 20.3 Å². The van der Waals surface area contributed by atoms with E-state index >= 15 is 0 Å². The number of aliphatic carboxylic acids is 1. The SMILES string of the molecule is CC(C)NS(=O)(=O)NC(CCO)C(=O)O. The van der Waals surface area contributed by atoms with Crippen molar-refractivity contribution in [3.63, 3.8) is 0 Å². The Kier molecular flexibility index (Phi) is 5.73. The van der Waals surface area contributed by atoms with Gasteiger partial charge in [0.05, 0.1) is 0 Å². The quantitative estimate of drug-likeness (QED) is 0.439. The summed E-state index contributed by atoms with van der Waals surface area (Å²) in [5, 5.41) is 17.2. The summed E-state index contributed by atoms with van der Waals surface area (Å²) >= 11 is 0. The summed E-state index contributed by atoms with van der Waals surface area (Å²) in [4.78, 5) is 10.6. The summed E-state index contributed by atoms with van der Waals surface area (Å²) in [6, 6.07) is -1.64. The summed E-state index contributed by atoms with van der Waals surface area (Å²) < 4.78 is 26.6. The second kappa shape index (κ2) is 6.01. The minimum absolute atomic E-state index is 0.172. The summed E-state index contributed by atoms with van der Waals surface area (Å²) in [5.41, 5.74) is 0. The van der Waals surface area contributed by atoms with Gasteiger partial charge in [0.25, 0.3) is 10.2 Å². The van der Waals surface area contributed by atoms with Crippen molar-refractivity contribution >= 4 is 16.2 Å². The molecule has 0 amide bonds. The molecular weight excluding hydrogens is 224 g/mol. The maximum Gasteiger partial charge on any atom is 0.321 e. The minimum atomic E-state index is -3.84. The largest absolute Gasteiger partial charge is 0.480 e. The fraction of sp³-hybridized carbons (Fsp3) is 0.857. The Morgan fingerprint density at radius 3 is 2.20 bits per heavy atom. The van der Waals surface area contributed by atoms with Gasteiger partial charge in [-0.3, -0.25) is 4.79 Å². The molecule has 0 bridgehead atoms. The Labute approximate surface area is 88.7 Å². The van der Waals surface area contributed by atoms with Crippen LogP contribution >= 0.6 is 0 Å². The van der Waals surface area contributed by atoms with Crippen LogP contribution in [-0.2, 0) is 15.0 Å². The summed E-state index contributed by atoms with van der Waals surface area (Å²) in [6.45, 7) is 2.82. The molecule has 8 heteroatoms. The standard InChI is InChI=1S/C7H16N2O5S/c1-5(2)8-15(13,14)9-6(3-4-10)7(11)12/h5-6,8-10H,3-4H2,1-2H3,(H,11,12). The minimum Gasteiger partial charge on any atom is -0.480 e. The lowest BCUT2D eigenvalue weighted by Crippen LogP contribution is -2.48. The average molecular weight is 240 g/mol. The van der Waals surface area contributed by atoms with Crippen molar-refractivity contribution in [1.29, 1.82) is 0 Å². The molecule has 7 nitrogen and oxygen atoms in total. The molecule has 0 aromatic heterocycles. The van der Waals surface area contributed by atoms with Crippen molar-refractivity contribution in [2.75, 3.05) is 6.61 Å². The summed E-state index contributed by atoms with van der Waals surface area (Å²) in [7, 11) is -3.84. The van der Waals surface area contributed by atoms with Crippen LogP contribution in [0.3, 0.4) is 0 Å². The normalized spacial score (nSPS) is 14.1. The smallest absolute Gasteiger partial charge is 0.321 e. The molecule has 0 aromatic carbocycles. The third-order valence-corrected chi connectivity index (χ3v) is 2.78. The van der Waals surface area contributed by atoms with Gasteiger partial charge < -0.3 is 10.2 Å². The van der Waals surface area contributed by atoms with Gasteiger partial charge in [0.15, 0.2) is 0 Å². The van der Waals surface area contributed by atoms with E-state index in [9.17, 15) is 13.2 Å². The fourth-order valence-corrected chi connectivity index (χ4v) is 2.18. The Hall–Kier alpha value is -0.700. The lowest BCUT2D eigenvalue weighted by Gasteiger charge is -2.15. The van der Waals surface area contributed by atoms with E-state index < -0.39 is 28.8 Å². The number of aliphatic hydroxyl groups excluding tert-OH is 1. The van der Waals surface area contributed by atoms with Crippen LogP contribution in [0.25, 0.3) is 0 Å². The molecule has 0 saturated heterocycles. The molecule has 90 valence electrons. The van der Waals surface area contributed by atoms with Gasteiger partial charge in [-0.05, 0) is 20.3 Å². The van der Waals surface area contributed by atoms with Gasteiger partial charge in [-0.1, -0.05) is 0 Å². The van der Waals surface area contributed by atoms with E-state index in [4.69, 9.17) is 10.2 Å². The van der Waals surface area contributed by atoms with E-state index in [0.29, 0.717) is 0 Å². The van der Waals surface area contributed by atoms with Gasteiger partial charge in [0, 0.05) is 12.6 Å². The monoisotopic (exact) mass is 240 g/mol. The van der Waals surface area contributed by atoms with Crippen LogP contribution in [0.5, 0.6) is 0 Å². The van der Waals surface area contributed by atoms with E-state index in [2.05, 4.69) is 4.72 Å². The lowest BCUT2D eigenvalue weighted by atomic mass is 10.2. The van der Waals surface area contributed by atoms with Crippen LogP contribution < -0.4 is 9.44 Å². The molecule has 0 rings (SSSR count). The summed E-state index contributed by atoms with van der Waals surface area (Å²) in [5.74, 6) is -1.32. The molecule has 0 aromatic rings. The predicted octanol–water partition coefficient (Wildman–Crippen LogP) is -1.35. The highest BCUT2D eigenvalue weighted by Crippen LogP contribution is 1.94. The average Bonchev–Trinajstić information content (AvgIpc) is 2.00. The van der Waals surface area contributed by atoms with E-state index in [1.165, 1.54) is 0 Å². The number of hydrogen-bond acceptors (Lipinski definition) is 4. The van der Waals surface area contributed by atoms with Gasteiger partial charge in [0.1, 0.15) is 6.04 Å². The van der Waals surface area contributed by atoms with Crippen molar-refractivity contribution in [3.8, 4) is 0 Å². The van der Waals surface area contributed by atoms with Crippen LogP contribution in [0.2, 0.25) is 0 Å². The van der Waals surface area contributed by atoms with Crippen LogP contribution in [-0.4, -0.2) is 43.3 Å². The van der Waals surface area contributed by atoms with Gasteiger partial charge in [-0.15, -0.1) is 0 Å². The van der Waals surface area contributed by atoms with Crippen LogP contribution in [0.15, 0.2) is 0 Å². The van der Waals surface area contributed by atoms with Gasteiger partial charge in [-0.25, -0.2) is 0 Å². The molecule has 0 spiro atoms. The molecule has 0 aliphatic carbocycles. The fourth-order valence-electron chi connectivity index (χ4n) is 0.894. The first-order chi connectivity index (χ1) is 6.78. The lowest BCUT2D eigenvalue weighted by molar-refractivity contribution is -0.139. The Balaban J connectivity index is 4.45. The number of hydrogen-bond donors (Lipinski definition) is 4. The second-order valence-electron chi connectivity index (χ2n) is 3.30. The number of nitrogens with one attached hydrogen (secondary N) is 2. The van der Waals surface area contributed by atoms with Gasteiger partial charge >= 0.3 is 5.97 Å². The number of rotatable bonds is 7. The first-order valence-electron chi connectivity index (χ1n) is 4.41. The zero-order valence-corrected chi connectivity index (χ0v) is 9.41. The molecule has 0 aliphatic rings. The predicted molar refractivity (Wildman–Crippen MR) is 53.5 cm³/mol. The number of carboxylic acids is 1. The van der Waals surface area contributed by atoms with E-state index in [0.717, 1.165) is 0 Å². The molecule has 0 aliphatic heterocycles. The Morgan fingerprint density at radius 1 is 1.33 bits per heavy atom. The topological polar surface area (TPSA) is 116 Å². The maximum atomic E-state index is 11.3. The van der Waals surface area contributed by atoms with Crippen LogP contribution in [0.4, 0.5) is 0 Å². The molecule has 4 N–H and O–H groups in total. The van der Waals surface area contributed by atoms with E-state index in [1.807, 2.05) is 4.72 Å². The Bertz CT molecular complexity index is 301. The van der Waals surface area contributed by atoms with Crippen molar-refractivity contribution < 1.29 is 23.4 Å². The zero-order chi connectivity index (χ0) is 12.1. The third-order valence-electron chi connectivity index (χ3n) is 1.40. The molecule has 1 atom stereocenters. The summed E-state index contributed by atoms with van der Waals surface area (Å²) in [6.07, 6.45) is -0.172. The molecule has 0 fully saturated rings. The van der Waals surface area contributed by atoms with Crippen LogP contribution in [0, 0.1) is 0 Å². The van der Waals surface area contributed by atoms with Crippen molar-refractivity contribution in [2.24, 2.45) is 0 Å². The molecule has 0 saturated carbocycles. The maximum absolute atomic E-state index is 11.3. The Morgan fingerprint density at radius 2 is 1.87 bits per heavy atom. The number of carboxylic acid groups (broad SMARTS) is 1. The zero-order valence-electron chi connectivity index (χ0n) is 8.60. The number of aliphatic hydroxyl groups is 1. The van der Waals surface area contributed by atoms with Gasteiger partial charge in [0.2, 0.25) is 0 Å². The van der Waals surface area contributed by atoms with Crippen molar-refractivity contribution in [3.05, 3.63) is 0 Å². The first kappa shape index (κ1) is 14.3. The highest BCUT2D eigenvalue weighted by molar-refractivity contribution is 7.87. The van der Waals surface area contributed by atoms with E-state index in [1.54, 1.807) is 13.8 Å². The molecule has 15 heavy (non-hydrogen) atoms. The highest BCUT2D eigenvalue weighted by atomic mass is 32.2. The number of carbonyl (C=O) groups is 1. The van der Waals surface area contributed by atoms with Crippen molar-refractivity contribution in [2.45, 2.75) is 32.4 Å². The molecule has 0 heterocycles. The molecular formula is C7H16N2O5S. The third kappa shape index (κ3) is 6.39. The first-order valence-corrected chi connectivity index (χ1v) is 5.90. The molecule has 1 unspecified atom stereocenters. The second-order valence-corrected chi connectivity index (χ2v) is 4.78. The van der Waals surface area contributed by atoms with Gasteiger partial charge in [-0.2, -0.15) is 17.9 Å². The molecule has 0 radical (unpaired) electrons. The van der Waals surface area contributed by atoms with E-state index in [-0.39, 0.29) is 12.5 Å². The van der Waals surface area contributed by atoms with Crippen molar-refractivity contribution in [1.82, 2.24) is 9.44 Å². The highest BCUT2D eigenvalue weighted by Gasteiger charge is 2.23.